The van der Waals surface area contributed by atoms with Crippen LogP contribution >= 0.6 is 11.8 Å². The lowest BCUT2D eigenvalue weighted by Crippen LogP contribution is -2.20. The van der Waals surface area contributed by atoms with Crippen molar-refractivity contribution in [2.45, 2.75) is 32.0 Å². The Morgan fingerprint density at radius 3 is 3.06 bits per heavy atom. The molecule has 96 valence electrons. The van der Waals surface area contributed by atoms with Gasteiger partial charge in [-0.3, -0.25) is 4.90 Å². The summed E-state index contributed by atoms with van der Waals surface area (Å²) in [6, 6.07) is 2.93. The molecule has 1 aliphatic carbocycles. The summed E-state index contributed by atoms with van der Waals surface area (Å²) in [5.41, 5.74) is 1.27. The topological polar surface area (TPSA) is 28.4 Å². The van der Waals surface area contributed by atoms with E-state index in [1.54, 1.807) is 0 Å². The minimum atomic E-state index is 0.762. The van der Waals surface area contributed by atoms with Crippen LogP contribution in [-0.2, 0) is 13.1 Å². The molecule has 1 heterocycles. The van der Waals surface area contributed by atoms with Crippen molar-refractivity contribution in [1.82, 2.24) is 10.2 Å². The van der Waals surface area contributed by atoms with Gasteiger partial charge in [0.15, 0.2) is 0 Å². The monoisotopic (exact) mass is 254 g/mol. The van der Waals surface area contributed by atoms with Crippen molar-refractivity contribution in [2.24, 2.45) is 0 Å². The highest BCUT2D eigenvalue weighted by Crippen LogP contribution is 2.19. The van der Waals surface area contributed by atoms with Crippen molar-refractivity contribution < 1.29 is 4.42 Å². The number of furan rings is 1. The third-order valence-corrected chi connectivity index (χ3v) is 3.57. The van der Waals surface area contributed by atoms with Crippen LogP contribution in [0.5, 0.6) is 0 Å². The minimum absolute atomic E-state index is 0.762. The third kappa shape index (κ3) is 4.74. The Labute approximate surface area is 108 Å². The quantitative estimate of drug-likeness (QED) is 0.771. The molecule has 1 aromatic rings. The van der Waals surface area contributed by atoms with E-state index in [1.807, 2.05) is 18.0 Å². The van der Waals surface area contributed by atoms with Gasteiger partial charge in [-0.05, 0) is 32.2 Å². The molecular weight excluding hydrogens is 232 g/mol. The van der Waals surface area contributed by atoms with Crippen molar-refractivity contribution in [1.29, 1.82) is 0 Å². The molecule has 0 radical (unpaired) electrons. The Morgan fingerprint density at radius 2 is 2.35 bits per heavy atom. The molecule has 3 nitrogen and oxygen atoms in total. The molecule has 1 aromatic heterocycles. The highest BCUT2D eigenvalue weighted by atomic mass is 32.2. The molecule has 0 bridgehead atoms. The smallest absolute Gasteiger partial charge is 0.118 e. The van der Waals surface area contributed by atoms with E-state index in [0.29, 0.717) is 0 Å². The summed E-state index contributed by atoms with van der Waals surface area (Å²) in [6.45, 7) is 2.96. The first-order valence-corrected chi connectivity index (χ1v) is 7.64. The van der Waals surface area contributed by atoms with Gasteiger partial charge in [-0.2, -0.15) is 11.8 Å². The van der Waals surface area contributed by atoms with Crippen LogP contribution in [0.25, 0.3) is 0 Å². The van der Waals surface area contributed by atoms with Crippen molar-refractivity contribution in [3.05, 3.63) is 23.7 Å². The molecule has 2 rings (SSSR count). The highest BCUT2D eigenvalue weighted by Gasteiger charge is 2.20. The lowest BCUT2D eigenvalue weighted by atomic mass is 10.3. The van der Waals surface area contributed by atoms with E-state index in [4.69, 9.17) is 4.42 Å². The van der Waals surface area contributed by atoms with E-state index in [2.05, 4.69) is 29.6 Å². The molecular formula is C13H22N2OS. The first-order valence-electron chi connectivity index (χ1n) is 6.25. The number of hydrogen-bond donors (Lipinski definition) is 1. The Hall–Kier alpha value is -0.450. The van der Waals surface area contributed by atoms with Gasteiger partial charge >= 0.3 is 0 Å². The zero-order valence-electron chi connectivity index (χ0n) is 10.7. The highest BCUT2D eigenvalue weighted by molar-refractivity contribution is 7.98. The molecule has 4 heteroatoms. The van der Waals surface area contributed by atoms with Crippen LogP contribution in [-0.4, -0.2) is 36.5 Å². The molecule has 1 aliphatic rings. The summed E-state index contributed by atoms with van der Waals surface area (Å²) >= 11 is 1.88. The van der Waals surface area contributed by atoms with E-state index in [1.165, 1.54) is 24.2 Å². The van der Waals surface area contributed by atoms with E-state index in [-0.39, 0.29) is 0 Å². The van der Waals surface area contributed by atoms with Crippen LogP contribution in [0, 0.1) is 0 Å². The molecule has 1 N–H and O–H groups in total. The Bertz CT molecular complexity index is 336. The van der Waals surface area contributed by atoms with Gasteiger partial charge in [-0.15, -0.1) is 0 Å². The average molecular weight is 254 g/mol. The SMILES string of the molecule is CSCCN(C)Cc1cc(CNC2CC2)co1. The Balaban J connectivity index is 1.72. The number of thioether (sulfide) groups is 1. The van der Waals surface area contributed by atoms with Gasteiger partial charge in [0.2, 0.25) is 0 Å². The lowest BCUT2D eigenvalue weighted by Gasteiger charge is -2.13. The van der Waals surface area contributed by atoms with Gasteiger partial charge in [-0.1, -0.05) is 0 Å². The van der Waals surface area contributed by atoms with E-state index < -0.39 is 0 Å². The predicted octanol–water partition coefficient (Wildman–Crippen LogP) is 2.33. The average Bonchev–Trinajstić information content (AvgIpc) is 3.05. The lowest BCUT2D eigenvalue weighted by molar-refractivity contribution is 0.311. The molecule has 0 saturated heterocycles. The van der Waals surface area contributed by atoms with Crippen LogP contribution < -0.4 is 5.32 Å². The predicted molar refractivity (Wildman–Crippen MR) is 73.3 cm³/mol. The molecule has 0 spiro atoms. The fraction of sp³-hybridized carbons (Fsp3) is 0.692. The van der Waals surface area contributed by atoms with Gasteiger partial charge < -0.3 is 9.73 Å². The maximum Gasteiger partial charge on any atom is 0.118 e. The third-order valence-electron chi connectivity index (χ3n) is 2.98. The first-order chi connectivity index (χ1) is 8.28. The fourth-order valence-electron chi connectivity index (χ4n) is 1.74. The number of nitrogens with zero attached hydrogens (tertiary/aromatic N) is 1. The molecule has 0 aliphatic heterocycles. The van der Waals surface area contributed by atoms with Gasteiger partial charge in [0.25, 0.3) is 0 Å². The normalized spacial score (nSPS) is 15.7. The fourth-order valence-corrected chi connectivity index (χ4v) is 2.24. The van der Waals surface area contributed by atoms with Gasteiger partial charge in [0.1, 0.15) is 5.76 Å². The maximum absolute atomic E-state index is 5.58. The molecule has 17 heavy (non-hydrogen) atoms. The first kappa shape index (κ1) is 13.0. The standard InChI is InChI=1S/C13H22N2OS/c1-15(5-6-17-2)9-13-7-11(10-16-13)8-14-12-3-4-12/h7,10,12,14H,3-6,8-9H2,1-2H3. The van der Waals surface area contributed by atoms with E-state index in [9.17, 15) is 0 Å². The van der Waals surface area contributed by atoms with Crippen molar-refractivity contribution in [2.75, 3.05) is 25.6 Å². The van der Waals surface area contributed by atoms with Crippen LogP contribution in [0.15, 0.2) is 16.7 Å². The molecule has 1 saturated carbocycles. The second kappa shape index (κ2) is 6.47. The number of hydrogen-bond acceptors (Lipinski definition) is 4. The van der Waals surface area contributed by atoms with Crippen molar-refractivity contribution in [3.63, 3.8) is 0 Å². The Morgan fingerprint density at radius 1 is 1.53 bits per heavy atom. The second-order valence-corrected chi connectivity index (χ2v) is 5.79. The Kier molecular flexibility index (Phi) is 4.95. The summed E-state index contributed by atoms with van der Waals surface area (Å²) in [7, 11) is 2.14. The van der Waals surface area contributed by atoms with Crippen molar-refractivity contribution >= 4 is 11.8 Å². The molecule has 0 atom stereocenters. The maximum atomic E-state index is 5.58. The molecule has 0 aromatic carbocycles. The van der Waals surface area contributed by atoms with Crippen LogP contribution in [0.1, 0.15) is 24.2 Å². The van der Waals surface area contributed by atoms with Crippen LogP contribution in [0.3, 0.4) is 0 Å². The summed E-state index contributed by atoms with van der Waals surface area (Å²) in [5.74, 6) is 2.24. The number of rotatable bonds is 8. The number of nitrogens with one attached hydrogen (secondary N) is 1. The summed E-state index contributed by atoms with van der Waals surface area (Å²) in [6.07, 6.45) is 6.69. The molecule has 0 amide bonds. The van der Waals surface area contributed by atoms with Crippen LogP contribution in [0.4, 0.5) is 0 Å². The summed E-state index contributed by atoms with van der Waals surface area (Å²) in [5, 5.41) is 3.50. The molecule has 1 fully saturated rings. The van der Waals surface area contributed by atoms with Crippen LogP contribution in [0.2, 0.25) is 0 Å². The zero-order chi connectivity index (χ0) is 12.1. The summed E-state index contributed by atoms with van der Waals surface area (Å²) < 4.78 is 5.58. The van der Waals surface area contributed by atoms with Crippen molar-refractivity contribution in [3.8, 4) is 0 Å². The van der Waals surface area contributed by atoms with E-state index >= 15 is 0 Å². The zero-order valence-corrected chi connectivity index (χ0v) is 11.6. The second-order valence-electron chi connectivity index (χ2n) is 4.81. The molecule has 0 unspecified atom stereocenters. The summed E-state index contributed by atoms with van der Waals surface area (Å²) in [4.78, 5) is 2.30. The minimum Gasteiger partial charge on any atom is -0.468 e. The van der Waals surface area contributed by atoms with Gasteiger partial charge in [0.05, 0.1) is 12.8 Å². The van der Waals surface area contributed by atoms with Gasteiger partial charge in [0, 0.05) is 30.4 Å². The largest absolute Gasteiger partial charge is 0.468 e. The van der Waals surface area contributed by atoms with E-state index in [0.717, 1.165) is 31.4 Å². The van der Waals surface area contributed by atoms with Gasteiger partial charge in [-0.25, -0.2) is 0 Å².